The molecule has 1 nitrogen and oxygen atoms in total. The van der Waals surface area contributed by atoms with Crippen LogP contribution in [-0.4, -0.2) is 0 Å². The van der Waals surface area contributed by atoms with E-state index in [1.54, 1.807) is 0 Å². The van der Waals surface area contributed by atoms with Crippen LogP contribution in [0.25, 0.3) is 10.5 Å². The largest absolute Gasteiger partial charge is 0.238 e. The van der Waals surface area contributed by atoms with Crippen LogP contribution in [0.2, 0.25) is 0 Å². The van der Waals surface area contributed by atoms with Gasteiger partial charge >= 0.3 is 0 Å². The summed E-state index contributed by atoms with van der Waals surface area (Å²) < 4.78 is 0. The van der Waals surface area contributed by atoms with Crippen LogP contribution < -0.4 is 0 Å². The quantitative estimate of drug-likeness (QED) is 0.610. The molecule has 0 amide bonds. The second-order valence-electron chi connectivity index (χ2n) is 2.86. The van der Waals surface area contributed by atoms with Crippen LogP contribution >= 0.6 is 0 Å². The molecular weight excluding hydrogens is 158 g/mol. The highest BCUT2D eigenvalue weighted by Crippen LogP contribution is 2.16. The molecule has 0 atom stereocenters. The van der Waals surface area contributed by atoms with Gasteiger partial charge in [0.1, 0.15) is 0 Å². The normalized spacial score (nSPS) is 10.9. The van der Waals surface area contributed by atoms with E-state index >= 15 is 0 Å². The van der Waals surface area contributed by atoms with E-state index in [1.165, 1.54) is 0 Å². The lowest BCUT2D eigenvalue weighted by molar-refractivity contribution is 0.960. The molecular formula is C12H13N. The molecule has 0 saturated heterocycles. The predicted molar refractivity (Wildman–Crippen MR) is 55.9 cm³/mol. The Kier molecular flexibility index (Phi) is 3.78. The van der Waals surface area contributed by atoms with Gasteiger partial charge in [-0.15, -0.1) is 0 Å². The molecule has 1 rings (SSSR count). The van der Waals surface area contributed by atoms with Crippen molar-refractivity contribution >= 4 is 5.70 Å². The predicted octanol–water partition coefficient (Wildman–Crippen LogP) is 3.75. The van der Waals surface area contributed by atoms with Gasteiger partial charge in [-0.05, 0) is 12.0 Å². The minimum absolute atomic E-state index is 0.766. The van der Waals surface area contributed by atoms with Crippen molar-refractivity contribution < 1.29 is 0 Å². The Morgan fingerprint density at radius 1 is 1.38 bits per heavy atom. The van der Waals surface area contributed by atoms with Crippen molar-refractivity contribution in [2.75, 3.05) is 0 Å². The molecule has 0 N–H and O–H groups in total. The van der Waals surface area contributed by atoms with Crippen LogP contribution in [0.1, 0.15) is 25.3 Å². The first-order valence-electron chi connectivity index (χ1n) is 4.51. The molecule has 0 heterocycles. The van der Waals surface area contributed by atoms with E-state index in [4.69, 9.17) is 6.57 Å². The molecule has 1 aromatic carbocycles. The number of allylic oxidation sites excluding steroid dienone is 1. The second kappa shape index (κ2) is 5.16. The summed E-state index contributed by atoms with van der Waals surface area (Å²) in [5.74, 6) is 0. The van der Waals surface area contributed by atoms with Gasteiger partial charge in [-0.25, -0.2) is 4.85 Å². The summed E-state index contributed by atoms with van der Waals surface area (Å²) >= 11 is 0. The van der Waals surface area contributed by atoms with E-state index in [2.05, 4.69) is 11.8 Å². The molecule has 1 heteroatoms. The van der Waals surface area contributed by atoms with Crippen molar-refractivity contribution in [3.8, 4) is 0 Å². The van der Waals surface area contributed by atoms with Gasteiger partial charge < -0.3 is 0 Å². The fourth-order valence-electron chi connectivity index (χ4n) is 1.12. The molecule has 0 aliphatic heterocycles. The Morgan fingerprint density at radius 2 is 2.08 bits per heavy atom. The van der Waals surface area contributed by atoms with Crippen LogP contribution in [0.3, 0.4) is 0 Å². The van der Waals surface area contributed by atoms with Gasteiger partial charge in [0.2, 0.25) is 0 Å². The van der Waals surface area contributed by atoms with Gasteiger partial charge in [0.05, 0.1) is 6.57 Å². The van der Waals surface area contributed by atoms with E-state index in [1.807, 2.05) is 36.4 Å². The second-order valence-corrected chi connectivity index (χ2v) is 2.86. The van der Waals surface area contributed by atoms with E-state index in [0.717, 1.165) is 24.1 Å². The molecule has 13 heavy (non-hydrogen) atoms. The lowest BCUT2D eigenvalue weighted by atomic mass is 10.1. The summed E-state index contributed by atoms with van der Waals surface area (Å²) in [5, 5.41) is 0. The monoisotopic (exact) mass is 171 g/mol. The van der Waals surface area contributed by atoms with Crippen LogP contribution in [0.5, 0.6) is 0 Å². The summed E-state index contributed by atoms with van der Waals surface area (Å²) in [5.41, 5.74) is 1.79. The average molecular weight is 171 g/mol. The molecule has 0 fully saturated rings. The fraction of sp³-hybridized carbons (Fsp3) is 0.250. The molecule has 66 valence electrons. The highest BCUT2D eigenvalue weighted by atomic mass is 14.7. The third kappa shape index (κ3) is 2.76. The molecule has 1 aromatic rings. The van der Waals surface area contributed by atoms with E-state index in [9.17, 15) is 0 Å². The van der Waals surface area contributed by atoms with Gasteiger partial charge in [-0.3, -0.25) is 0 Å². The third-order valence-corrected chi connectivity index (χ3v) is 1.82. The molecule has 0 bridgehead atoms. The van der Waals surface area contributed by atoms with Crippen molar-refractivity contribution in [3.63, 3.8) is 0 Å². The van der Waals surface area contributed by atoms with E-state index < -0.39 is 0 Å². The van der Waals surface area contributed by atoms with Gasteiger partial charge in [0.25, 0.3) is 0 Å². The Balaban J connectivity index is 2.87. The van der Waals surface area contributed by atoms with Gasteiger partial charge in [-0.2, -0.15) is 0 Å². The Bertz CT molecular complexity index is 317. The fourth-order valence-corrected chi connectivity index (χ4v) is 1.12. The van der Waals surface area contributed by atoms with Crippen molar-refractivity contribution in [1.82, 2.24) is 0 Å². The zero-order valence-electron chi connectivity index (χ0n) is 7.83. The average Bonchev–Trinajstić information content (AvgIpc) is 2.21. The molecule has 0 saturated carbocycles. The number of benzene rings is 1. The summed E-state index contributed by atoms with van der Waals surface area (Å²) in [7, 11) is 0. The number of unbranched alkanes of at least 4 members (excludes halogenated alkanes) is 1. The smallest absolute Gasteiger partial charge is 0.190 e. The molecule has 0 radical (unpaired) electrons. The molecule has 0 spiro atoms. The first kappa shape index (κ1) is 9.54. The number of rotatable bonds is 3. The third-order valence-electron chi connectivity index (χ3n) is 1.82. The van der Waals surface area contributed by atoms with Crippen molar-refractivity contribution in [3.05, 3.63) is 53.4 Å². The summed E-state index contributed by atoms with van der Waals surface area (Å²) in [6.07, 6.45) is 4.07. The Hall–Kier alpha value is -1.55. The lowest BCUT2D eigenvalue weighted by Gasteiger charge is -1.97. The summed E-state index contributed by atoms with van der Waals surface area (Å²) in [6, 6.07) is 9.82. The SMILES string of the molecule is [C-]#[N+]/C(=C\CCC)c1ccccc1. The molecule has 0 aromatic heterocycles. The van der Waals surface area contributed by atoms with Crippen LogP contribution in [0, 0.1) is 6.57 Å². The lowest BCUT2D eigenvalue weighted by Crippen LogP contribution is -1.77. The zero-order chi connectivity index (χ0) is 9.52. The van der Waals surface area contributed by atoms with Gasteiger partial charge in [-0.1, -0.05) is 49.8 Å². The van der Waals surface area contributed by atoms with E-state index in [0.29, 0.717) is 0 Å². The molecule has 0 unspecified atom stereocenters. The standard InChI is InChI=1S/C12H13N/c1-3-4-10-12(13-2)11-8-6-5-7-9-11/h5-10H,3-4H2,1H3/b12-10-. The van der Waals surface area contributed by atoms with Crippen LogP contribution in [0.4, 0.5) is 0 Å². The Morgan fingerprint density at radius 3 is 2.62 bits per heavy atom. The molecule has 0 aliphatic rings. The first-order valence-corrected chi connectivity index (χ1v) is 4.51. The first-order chi connectivity index (χ1) is 6.38. The maximum atomic E-state index is 7.03. The number of hydrogen-bond donors (Lipinski definition) is 0. The van der Waals surface area contributed by atoms with E-state index in [-0.39, 0.29) is 0 Å². The maximum absolute atomic E-state index is 7.03. The summed E-state index contributed by atoms with van der Waals surface area (Å²) in [4.78, 5) is 3.51. The van der Waals surface area contributed by atoms with Crippen molar-refractivity contribution in [2.45, 2.75) is 19.8 Å². The van der Waals surface area contributed by atoms with Crippen LogP contribution in [0.15, 0.2) is 36.4 Å². The topological polar surface area (TPSA) is 4.36 Å². The summed E-state index contributed by atoms with van der Waals surface area (Å²) in [6.45, 7) is 9.15. The van der Waals surface area contributed by atoms with Crippen molar-refractivity contribution in [1.29, 1.82) is 0 Å². The molecule has 0 aliphatic carbocycles. The highest BCUT2D eigenvalue weighted by Gasteiger charge is 1.97. The maximum Gasteiger partial charge on any atom is 0.190 e. The number of nitrogens with zero attached hydrogens (tertiary/aromatic N) is 1. The Labute approximate surface area is 79.5 Å². The number of hydrogen-bond acceptors (Lipinski definition) is 0. The van der Waals surface area contributed by atoms with Crippen molar-refractivity contribution in [2.24, 2.45) is 0 Å². The zero-order valence-corrected chi connectivity index (χ0v) is 7.83. The minimum Gasteiger partial charge on any atom is -0.238 e. The van der Waals surface area contributed by atoms with Gasteiger partial charge in [0.15, 0.2) is 5.70 Å². The highest BCUT2D eigenvalue weighted by molar-refractivity contribution is 5.70. The van der Waals surface area contributed by atoms with Crippen LogP contribution in [-0.2, 0) is 0 Å². The van der Waals surface area contributed by atoms with Gasteiger partial charge in [0, 0.05) is 0 Å². The minimum atomic E-state index is 0.766.